The van der Waals surface area contributed by atoms with E-state index < -0.39 is 6.10 Å². The van der Waals surface area contributed by atoms with Gasteiger partial charge in [-0.25, -0.2) is 0 Å². The van der Waals surface area contributed by atoms with Crippen LogP contribution in [-0.4, -0.2) is 39.4 Å². The SMILES string of the molecule is CCn1cc(C2CCN(CC(O)c3ccc(Cl)cc3)CC2)cn1. The number of nitrogens with zero attached hydrogens (tertiary/aromatic N) is 3. The van der Waals surface area contributed by atoms with Crippen molar-refractivity contribution in [2.75, 3.05) is 19.6 Å². The lowest BCUT2D eigenvalue weighted by Gasteiger charge is -2.32. The second-order valence-corrected chi connectivity index (χ2v) is 6.71. The molecule has 1 aromatic heterocycles. The molecule has 1 unspecified atom stereocenters. The van der Waals surface area contributed by atoms with Gasteiger partial charge in [0.25, 0.3) is 0 Å². The number of hydrogen-bond donors (Lipinski definition) is 1. The monoisotopic (exact) mass is 333 g/mol. The lowest BCUT2D eigenvalue weighted by Crippen LogP contribution is -2.36. The minimum Gasteiger partial charge on any atom is -0.387 e. The molecule has 0 aliphatic carbocycles. The first kappa shape index (κ1) is 16.5. The van der Waals surface area contributed by atoms with Gasteiger partial charge < -0.3 is 10.0 Å². The number of aromatic nitrogens is 2. The van der Waals surface area contributed by atoms with Gasteiger partial charge >= 0.3 is 0 Å². The summed E-state index contributed by atoms with van der Waals surface area (Å²) in [6.45, 7) is 5.76. The first-order valence-electron chi connectivity index (χ1n) is 8.34. The fraction of sp³-hybridized carbons (Fsp3) is 0.500. The van der Waals surface area contributed by atoms with Crippen LogP contribution in [0.15, 0.2) is 36.7 Å². The molecule has 3 rings (SSSR count). The van der Waals surface area contributed by atoms with E-state index in [4.69, 9.17) is 11.6 Å². The van der Waals surface area contributed by atoms with Gasteiger partial charge in [-0.2, -0.15) is 5.10 Å². The summed E-state index contributed by atoms with van der Waals surface area (Å²) < 4.78 is 1.99. The van der Waals surface area contributed by atoms with Crippen LogP contribution in [0.5, 0.6) is 0 Å². The fourth-order valence-electron chi connectivity index (χ4n) is 3.25. The molecule has 4 nitrogen and oxygen atoms in total. The first-order valence-corrected chi connectivity index (χ1v) is 8.71. The minimum absolute atomic E-state index is 0.452. The Morgan fingerprint density at radius 3 is 2.57 bits per heavy atom. The molecule has 1 atom stereocenters. The van der Waals surface area contributed by atoms with Crippen molar-refractivity contribution in [1.82, 2.24) is 14.7 Å². The minimum atomic E-state index is -0.452. The van der Waals surface area contributed by atoms with Crippen molar-refractivity contribution < 1.29 is 5.11 Å². The maximum absolute atomic E-state index is 10.4. The van der Waals surface area contributed by atoms with Gasteiger partial charge in [0.05, 0.1) is 12.3 Å². The van der Waals surface area contributed by atoms with E-state index in [0.29, 0.717) is 17.5 Å². The van der Waals surface area contributed by atoms with Crippen LogP contribution in [0.3, 0.4) is 0 Å². The molecular weight excluding hydrogens is 310 g/mol. The lowest BCUT2D eigenvalue weighted by atomic mass is 9.91. The second-order valence-electron chi connectivity index (χ2n) is 6.27. The van der Waals surface area contributed by atoms with Crippen LogP contribution in [0.25, 0.3) is 0 Å². The van der Waals surface area contributed by atoms with E-state index in [9.17, 15) is 5.11 Å². The summed E-state index contributed by atoms with van der Waals surface area (Å²) in [6, 6.07) is 7.47. The number of likely N-dealkylation sites (tertiary alicyclic amines) is 1. The summed E-state index contributed by atoms with van der Waals surface area (Å²) in [5, 5.41) is 15.5. The Labute approximate surface area is 142 Å². The topological polar surface area (TPSA) is 41.3 Å². The number of benzene rings is 1. The van der Waals surface area contributed by atoms with Crippen LogP contribution in [-0.2, 0) is 6.54 Å². The van der Waals surface area contributed by atoms with Crippen LogP contribution in [0.1, 0.15) is 42.9 Å². The maximum Gasteiger partial charge on any atom is 0.0916 e. The van der Waals surface area contributed by atoms with Gasteiger partial charge in [0, 0.05) is 24.3 Å². The van der Waals surface area contributed by atoms with E-state index in [1.54, 1.807) is 0 Å². The number of hydrogen-bond acceptors (Lipinski definition) is 3. The van der Waals surface area contributed by atoms with E-state index in [1.807, 2.05) is 35.1 Å². The molecular formula is C18H24ClN3O. The lowest BCUT2D eigenvalue weighted by molar-refractivity contribution is 0.0972. The highest BCUT2D eigenvalue weighted by molar-refractivity contribution is 6.30. The third-order valence-electron chi connectivity index (χ3n) is 4.72. The molecule has 1 N–H and O–H groups in total. The van der Waals surface area contributed by atoms with Gasteiger partial charge in [-0.1, -0.05) is 23.7 Å². The molecule has 0 bridgehead atoms. The van der Waals surface area contributed by atoms with Gasteiger partial charge in [0.2, 0.25) is 0 Å². The van der Waals surface area contributed by atoms with Crippen molar-refractivity contribution in [1.29, 1.82) is 0 Å². The van der Waals surface area contributed by atoms with Gasteiger partial charge in [0.1, 0.15) is 0 Å². The van der Waals surface area contributed by atoms with Gasteiger partial charge in [-0.05, 0) is 62.0 Å². The molecule has 0 saturated carbocycles. The Morgan fingerprint density at radius 1 is 1.26 bits per heavy atom. The van der Waals surface area contributed by atoms with Gasteiger partial charge in [-0.15, -0.1) is 0 Å². The number of rotatable bonds is 5. The quantitative estimate of drug-likeness (QED) is 0.911. The van der Waals surface area contributed by atoms with Crippen molar-refractivity contribution in [3.05, 3.63) is 52.8 Å². The zero-order valence-corrected chi connectivity index (χ0v) is 14.3. The molecule has 1 aromatic carbocycles. The average Bonchev–Trinajstić information content (AvgIpc) is 3.05. The maximum atomic E-state index is 10.4. The third kappa shape index (κ3) is 4.14. The zero-order chi connectivity index (χ0) is 16.2. The number of β-amino-alcohol motifs (C(OH)–C–C–N with tert-alkyl or cyclic N) is 1. The summed E-state index contributed by atoms with van der Waals surface area (Å²) in [5.74, 6) is 0.597. The van der Waals surface area contributed by atoms with E-state index in [0.717, 1.165) is 38.0 Å². The molecule has 124 valence electrons. The van der Waals surface area contributed by atoms with E-state index >= 15 is 0 Å². The van der Waals surface area contributed by atoms with Gasteiger partial charge in [-0.3, -0.25) is 4.68 Å². The molecule has 1 aliphatic rings. The summed E-state index contributed by atoms with van der Waals surface area (Å²) in [6.07, 6.45) is 5.98. The van der Waals surface area contributed by atoms with Crippen molar-refractivity contribution in [3.8, 4) is 0 Å². The van der Waals surface area contributed by atoms with Crippen LogP contribution < -0.4 is 0 Å². The molecule has 1 saturated heterocycles. The van der Waals surface area contributed by atoms with Gasteiger partial charge in [0.15, 0.2) is 0 Å². The molecule has 0 spiro atoms. The highest BCUT2D eigenvalue weighted by Crippen LogP contribution is 2.28. The van der Waals surface area contributed by atoms with Crippen molar-refractivity contribution in [2.45, 2.75) is 38.3 Å². The molecule has 0 radical (unpaired) electrons. The smallest absolute Gasteiger partial charge is 0.0916 e. The molecule has 23 heavy (non-hydrogen) atoms. The highest BCUT2D eigenvalue weighted by Gasteiger charge is 2.23. The van der Waals surface area contributed by atoms with E-state index in [-0.39, 0.29) is 0 Å². The summed E-state index contributed by atoms with van der Waals surface area (Å²) >= 11 is 5.90. The largest absolute Gasteiger partial charge is 0.387 e. The number of piperidine rings is 1. The normalized spacial score (nSPS) is 18.2. The van der Waals surface area contributed by atoms with Crippen LogP contribution in [0, 0.1) is 0 Å². The number of aryl methyl sites for hydroxylation is 1. The highest BCUT2D eigenvalue weighted by atomic mass is 35.5. The Bertz CT molecular complexity index is 617. The molecule has 1 fully saturated rings. The van der Waals surface area contributed by atoms with Crippen LogP contribution >= 0.6 is 11.6 Å². The zero-order valence-electron chi connectivity index (χ0n) is 13.5. The van der Waals surface area contributed by atoms with E-state index in [1.165, 1.54) is 5.56 Å². The van der Waals surface area contributed by atoms with Crippen LogP contribution in [0.2, 0.25) is 5.02 Å². The standard InChI is InChI=1S/C18H24ClN3O/c1-2-22-12-16(11-20-22)14-7-9-21(10-8-14)13-18(23)15-3-5-17(19)6-4-15/h3-6,11-12,14,18,23H,2,7-10,13H2,1H3. The van der Waals surface area contributed by atoms with Crippen molar-refractivity contribution in [2.24, 2.45) is 0 Å². The summed E-state index contributed by atoms with van der Waals surface area (Å²) in [5.41, 5.74) is 2.28. The third-order valence-corrected chi connectivity index (χ3v) is 4.97. The fourth-order valence-corrected chi connectivity index (χ4v) is 3.37. The molecule has 2 aromatic rings. The predicted octanol–water partition coefficient (Wildman–Crippen LogP) is 3.47. The number of halogens is 1. The Kier molecular flexibility index (Phi) is 5.36. The Morgan fingerprint density at radius 2 is 1.96 bits per heavy atom. The molecule has 0 amide bonds. The van der Waals surface area contributed by atoms with Crippen LogP contribution in [0.4, 0.5) is 0 Å². The molecule has 2 heterocycles. The summed E-state index contributed by atoms with van der Waals surface area (Å²) in [7, 11) is 0. The number of aliphatic hydroxyl groups is 1. The summed E-state index contributed by atoms with van der Waals surface area (Å²) in [4.78, 5) is 2.35. The Balaban J connectivity index is 1.51. The Hall–Kier alpha value is -1.36. The number of aliphatic hydroxyl groups excluding tert-OH is 1. The second kappa shape index (κ2) is 7.47. The van der Waals surface area contributed by atoms with Crippen molar-refractivity contribution >= 4 is 11.6 Å². The average molecular weight is 334 g/mol. The molecule has 1 aliphatic heterocycles. The molecule has 5 heteroatoms. The first-order chi connectivity index (χ1) is 11.2. The predicted molar refractivity (Wildman–Crippen MR) is 92.7 cm³/mol. The van der Waals surface area contributed by atoms with E-state index in [2.05, 4.69) is 23.1 Å². The van der Waals surface area contributed by atoms with Crippen molar-refractivity contribution in [3.63, 3.8) is 0 Å².